The van der Waals surface area contributed by atoms with Crippen LogP contribution in [0.5, 0.6) is 0 Å². The first-order valence-corrected chi connectivity index (χ1v) is 11.4. The van der Waals surface area contributed by atoms with Crippen LogP contribution < -0.4 is 11.2 Å². The molecular weight excluding hydrogens is 324 g/mol. The van der Waals surface area contributed by atoms with Crippen molar-refractivity contribution in [1.29, 1.82) is 0 Å². The summed E-state index contributed by atoms with van der Waals surface area (Å²) in [7, 11) is 0. The average Bonchev–Trinajstić information content (AvgIpc) is 2.66. The van der Waals surface area contributed by atoms with Crippen LogP contribution in [0.15, 0.2) is 0 Å². The summed E-state index contributed by atoms with van der Waals surface area (Å²) in [6.45, 7) is 0.855. The van der Waals surface area contributed by atoms with Gasteiger partial charge in [0.1, 0.15) is 0 Å². The monoisotopic (exact) mass is 370 g/mol. The molecule has 0 atom stereocenters. The molecule has 0 saturated carbocycles. The number of unbranched alkanes of at least 4 members (excludes halogenated alkanes) is 18. The Morgan fingerprint density at radius 2 is 0.808 bits per heavy atom. The molecule has 0 aromatic rings. The van der Waals surface area contributed by atoms with Crippen molar-refractivity contribution in [3.63, 3.8) is 0 Å². The maximum atomic E-state index is 10.8. The lowest BCUT2D eigenvalue weighted by atomic mass is 10.0. The average molecular weight is 371 g/mol. The molecular formula is C22H46N2O2. The van der Waals surface area contributed by atoms with Crippen LogP contribution in [0.4, 0.5) is 0 Å². The van der Waals surface area contributed by atoms with Gasteiger partial charge in [-0.3, -0.25) is 10.0 Å². The van der Waals surface area contributed by atoms with Crippen molar-refractivity contribution in [2.75, 3.05) is 6.54 Å². The first kappa shape index (κ1) is 25.4. The Balaban J connectivity index is 3.00. The van der Waals surface area contributed by atoms with Gasteiger partial charge in [-0.15, -0.1) is 0 Å². The van der Waals surface area contributed by atoms with E-state index in [0.717, 1.165) is 19.4 Å². The third kappa shape index (κ3) is 21.4. The lowest BCUT2D eigenvalue weighted by molar-refractivity contribution is -0.129. The molecule has 0 aromatic heterocycles. The zero-order valence-corrected chi connectivity index (χ0v) is 17.3. The minimum absolute atomic E-state index is 0.261. The zero-order valence-electron chi connectivity index (χ0n) is 17.3. The highest BCUT2D eigenvalue weighted by molar-refractivity contribution is 5.74. The fraction of sp³-hybridized carbons (Fsp3) is 0.955. The van der Waals surface area contributed by atoms with Crippen LogP contribution in [-0.2, 0) is 4.79 Å². The van der Waals surface area contributed by atoms with Crippen molar-refractivity contribution in [2.24, 2.45) is 5.73 Å². The van der Waals surface area contributed by atoms with Gasteiger partial charge >= 0.3 is 0 Å². The molecule has 0 heterocycles. The van der Waals surface area contributed by atoms with E-state index in [4.69, 9.17) is 10.9 Å². The summed E-state index contributed by atoms with van der Waals surface area (Å²) < 4.78 is 0. The SMILES string of the molecule is NCCCCCCCCCCCCCCCCCCCCCC(=O)NO. The Labute approximate surface area is 162 Å². The van der Waals surface area contributed by atoms with Crippen LogP contribution in [0.3, 0.4) is 0 Å². The molecule has 1 amide bonds. The first-order valence-electron chi connectivity index (χ1n) is 11.4. The van der Waals surface area contributed by atoms with E-state index in [9.17, 15) is 4.79 Å². The molecule has 0 aromatic carbocycles. The van der Waals surface area contributed by atoms with Crippen molar-refractivity contribution in [3.8, 4) is 0 Å². The summed E-state index contributed by atoms with van der Waals surface area (Å²) in [5, 5.41) is 8.39. The molecule has 156 valence electrons. The number of carbonyl (C=O) groups is 1. The number of carbonyl (C=O) groups excluding carboxylic acids is 1. The van der Waals surface area contributed by atoms with Crippen LogP contribution in [0.2, 0.25) is 0 Å². The van der Waals surface area contributed by atoms with Gasteiger partial charge < -0.3 is 5.73 Å². The summed E-state index contributed by atoms with van der Waals surface area (Å²) >= 11 is 0. The Morgan fingerprint density at radius 3 is 1.08 bits per heavy atom. The summed E-state index contributed by atoms with van der Waals surface area (Å²) in [6.07, 6.45) is 25.7. The van der Waals surface area contributed by atoms with E-state index >= 15 is 0 Å². The molecule has 0 saturated heterocycles. The van der Waals surface area contributed by atoms with Gasteiger partial charge in [-0.1, -0.05) is 109 Å². The van der Waals surface area contributed by atoms with E-state index in [0.29, 0.717) is 6.42 Å². The summed E-state index contributed by atoms with van der Waals surface area (Å²) in [6, 6.07) is 0. The third-order valence-electron chi connectivity index (χ3n) is 5.23. The quantitative estimate of drug-likeness (QED) is 0.127. The summed E-state index contributed by atoms with van der Waals surface area (Å²) in [5.41, 5.74) is 7.18. The number of hydrogen-bond donors (Lipinski definition) is 3. The molecule has 4 heteroatoms. The molecule has 0 aliphatic heterocycles. The highest BCUT2D eigenvalue weighted by atomic mass is 16.5. The molecule has 4 nitrogen and oxygen atoms in total. The fourth-order valence-corrected chi connectivity index (χ4v) is 3.49. The summed E-state index contributed by atoms with van der Waals surface area (Å²) in [5.74, 6) is -0.261. The Morgan fingerprint density at radius 1 is 0.538 bits per heavy atom. The smallest absolute Gasteiger partial charge is 0.243 e. The second kappa shape index (κ2) is 22.4. The number of amides is 1. The van der Waals surface area contributed by atoms with Crippen molar-refractivity contribution >= 4 is 5.91 Å². The number of rotatable bonds is 21. The van der Waals surface area contributed by atoms with Gasteiger partial charge in [0.2, 0.25) is 5.91 Å². The predicted octanol–water partition coefficient (Wildman–Crippen LogP) is 6.25. The molecule has 0 radical (unpaired) electrons. The number of nitrogens with one attached hydrogen (secondary N) is 1. The van der Waals surface area contributed by atoms with Gasteiger partial charge in [-0.2, -0.15) is 0 Å². The Hall–Kier alpha value is -0.610. The molecule has 4 N–H and O–H groups in total. The van der Waals surface area contributed by atoms with Gasteiger partial charge in [0, 0.05) is 6.42 Å². The molecule has 0 aliphatic rings. The number of nitrogens with two attached hydrogens (primary N) is 1. The molecule has 0 bridgehead atoms. The second-order valence-corrected chi connectivity index (χ2v) is 7.79. The molecule has 0 aliphatic carbocycles. The van der Waals surface area contributed by atoms with Crippen LogP contribution in [-0.4, -0.2) is 17.7 Å². The van der Waals surface area contributed by atoms with E-state index in [1.165, 1.54) is 109 Å². The maximum absolute atomic E-state index is 10.8. The number of hydroxylamine groups is 1. The van der Waals surface area contributed by atoms with E-state index in [1.807, 2.05) is 0 Å². The number of hydrogen-bond acceptors (Lipinski definition) is 3. The largest absolute Gasteiger partial charge is 0.330 e. The second-order valence-electron chi connectivity index (χ2n) is 7.79. The van der Waals surface area contributed by atoms with Gasteiger partial charge in [0.15, 0.2) is 0 Å². The highest BCUT2D eigenvalue weighted by Gasteiger charge is 1.98. The van der Waals surface area contributed by atoms with Gasteiger partial charge in [0.25, 0.3) is 0 Å². The van der Waals surface area contributed by atoms with Crippen molar-refractivity contribution in [1.82, 2.24) is 5.48 Å². The molecule has 0 rings (SSSR count). The lowest BCUT2D eigenvalue weighted by Crippen LogP contribution is -2.17. The van der Waals surface area contributed by atoms with Crippen molar-refractivity contribution < 1.29 is 10.0 Å². The predicted molar refractivity (Wildman–Crippen MR) is 111 cm³/mol. The minimum atomic E-state index is -0.261. The van der Waals surface area contributed by atoms with Crippen LogP contribution in [0, 0.1) is 0 Å². The van der Waals surface area contributed by atoms with E-state index in [1.54, 1.807) is 5.48 Å². The molecule has 26 heavy (non-hydrogen) atoms. The van der Waals surface area contributed by atoms with Crippen molar-refractivity contribution in [2.45, 2.75) is 128 Å². The summed E-state index contributed by atoms with van der Waals surface area (Å²) in [4.78, 5) is 10.8. The van der Waals surface area contributed by atoms with Gasteiger partial charge in [-0.05, 0) is 19.4 Å². The van der Waals surface area contributed by atoms with Crippen LogP contribution in [0.1, 0.15) is 128 Å². The third-order valence-corrected chi connectivity index (χ3v) is 5.23. The van der Waals surface area contributed by atoms with Gasteiger partial charge in [0.05, 0.1) is 0 Å². The van der Waals surface area contributed by atoms with Crippen LogP contribution >= 0.6 is 0 Å². The van der Waals surface area contributed by atoms with Gasteiger partial charge in [-0.25, -0.2) is 5.48 Å². The topological polar surface area (TPSA) is 75.4 Å². The normalized spacial score (nSPS) is 11.0. The van der Waals surface area contributed by atoms with E-state index in [2.05, 4.69) is 0 Å². The van der Waals surface area contributed by atoms with Crippen molar-refractivity contribution in [3.05, 3.63) is 0 Å². The Bertz CT molecular complexity index is 285. The zero-order chi connectivity index (χ0) is 19.1. The Kier molecular flexibility index (Phi) is 21.9. The maximum Gasteiger partial charge on any atom is 0.243 e. The van der Waals surface area contributed by atoms with Crippen LogP contribution in [0.25, 0.3) is 0 Å². The molecule has 0 spiro atoms. The standard InChI is InChI=1S/C22H46N2O2/c23-21-19-17-15-13-11-9-7-5-3-1-2-4-6-8-10-12-14-16-18-20-22(25)24-26/h26H,1-21,23H2,(H,24,25). The fourth-order valence-electron chi connectivity index (χ4n) is 3.49. The van der Waals surface area contributed by atoms with E-state index in [-0.39, 0.29) is 5.91 Å². The highest BCUT2D eigenvalue weighted by Crippen LogP contribution is 2.14. The van der Waals surface area contributed by atoms with E-state index < -0.39 is 0 Å². The minimum Gasteiger partial charge on any atom is -0.330 e. The molecule has 0 fully saturated rings. The first-order chi connectivity index (χ1) is 12.8. The lowest BCUT2D eigenvalue weighted by Gasteiger charge is -2.04. The molecule has 0 unspecified atom stereocenters.